The van der Waals surface area contributed by atoms with Crippen LogP contribution in [0, 0.1) is 5.92 Å². The Hall–Kier alpha value is -2.86. The molecule has 1 atom stereocenters. The van der Waals surface area contributed by atoms with Gasteiger partial charge in [0.1, 0.15) is 0 Å². The summed E-state index contributed by atoms with van der Waals surface area (Å²) in [5.74, 6) is -1.76. The van der Waals surface area contributed by atoms with Crippen LogP contribution >= 0.6 is 11.6 Å². The van der Waals surface area contributed by atoms with Gasteiger partial charge in [-0.2, -0.15) is 0 Å². The molecular formula is C20H19ClN2O4. The number of nitrogens with zero attached hydrogens (tertiary/aromatic N) is 1. The quantitative estimate of drug-likeness (QED) is 0.774. The molecule has 0 radical (unpaired) electrons. The highest BCUT2D eigenvalue weighted by molar-refractivity contribution is 6.33. The Morgan fingerprint density at radius 3 is 2.56 bits per heavy atom. The highest BCUT2D eigenvalue weighted by Gasteiger charge is 2.37. The number of halogens is 1. The molecule has 2 aromatic rings. The molecule has 1 heterocycles. The minimum Gasteiger partial charge on any atom is -0.455 e. The molecule has 27 heavy (non-hydrogen) atoms. The van der Waals surface area contributed by atoms with Crippen LogP contribution in [0.2, 0.25) is 5.02 Å². The van der Waals surface area contributed by atoms with E-state index in [1.165, 1.54) is 4.90 Å². The van der Waals surface area contributed by atoms with Crippen molar-refractivity contribution in [3.63, 3.8) is 0 Å². The topological polar surface area (TPSA) is 75.7 Å². The highest BCUT2D eigenvalue weighted by atomic mass is 35.5. The van der Waals surface area contributed by atoms with E-state index in [1.54, 1.807) is 24.3 Å². The van der Waals surface area contributed by atoms with Crippen molar-refractivity contribution in [2.75, 3.05) is 18.1 Å². The maximum atomic E-state index is 12.2. The van der Waals surface area contributed by atoms with Crippen LogP contribution in [0.4, 0.5) is 5.69 Å². The average Bonchev–Trinajstić information content (AvgIpc) is 3.07. The van der Waals surface area contributed by atoms with E-state index in [1.807, 2.05) is 30.3 Å². The standard InChI is InChI=1S/C20H19ClN2O4/c21-16-8-4-5-9-17(16)23-12-15(10-19(23)25)20(26)27-13-18(24)22-11-14-6-2-1-3-7-14/h1-9,15H,10-13H2,(H,22,24)/t15-/m0/s1. The Morgan fingerprint density at radius 2 is 1.81 bits per heavy atom. The summed E-state index contributed by atoms with van der Waals surface area (Å²) in [6.07, 6.45) is 0.0374. The van der Waals surface area contributed by atoms with Crippen LogP contribution < -0.4 is 10.2 Å². The van der Waals surface area contributed by atoms with E-state index in [0.717, 1.165) is 5.56 Å². The summed E-state index contributed by atoms with van der Waals surface area (Å²) in [4.78, 5) is 37.8. The van der Waals surface area contributed by atoms with Crippen LogP contribution in [0.25, 0.3) is 0 Å². The van der Waals surface area contributed by atoms with Gasteiger partial charge in [0.2, 0.25) is 5.91 Å². The average molecular weight is 387 g/mol. The number of hydrogen-bond donors (Lipinski definition) is 1. The molecule has 2 amide bonds. The van der Waals surface area contributed by atoms with E-state index in [4.69, 9.17) is 16.3 Å². The molecule has 0 spiro atoms. The summed E-state index contributed by atoms with van der Waals surface area (Å²) in [6.45, 7) is 0.176. The summed E-state index contributed by atoms with van der Waals surface area (Å²) in [7, 11) is 0. The van der Waals surface area contributed by atoms with Crippen molar-refractivity contribution in [2.24, 2.45) is 5.92 Å². The molecule has 6 nitrogen and oxygen atoms in total. The van der Waals surface area contributed by atoms with Crippen molar-refractivity contribution in [3.05, 3.63) is 65.2 Å². The lowest BCUT2D eigenvalue weighted by atomic mass is 10.1. The third-order valence-corrected chi connectivity index (χ3v) is 4.60. The molecule has 0 aromatic heterocycles. The summed E-state index contributed by atoms with van der Waals surface area (Å²) >= 11 is 6.12. The van der Waals surface area contributed by atoms with Gasteiger partial charge in [-0.25, -0.2) is 0 Å². The van der Waals surface area contributed by atoms with Crippen molar-refractivity contribution in [2.45, 2.75) is 13.0 Å². The van der Waals surface area contributed by atoms with Crippen LogP contribution in [0.15, 0.2) is 54.6 Å². The van der Waals surface area contributed by atoms with E-state index in [9.17, 15) is 14.4 Å². The van der Waals surface area contributed by atoms with Gasteiger partial charge in [0.15, 0.2) is 6.61 Å². The number of amides is 2. The highest BCUT2D eigenvalue weighted by Crippen LogP contribution is 2.31. The van der Waals surface area contributed by atoms with Crippen LogP contribution in [0.3, 0.4) is 0 Å². The van der Waals surface area contributed by atoms with Crippen LogP contribution in [-0.4, -0.2) is 30.9 Å². The molecule has 2 aromatic carbocycles. The Balaban J connectivity index is 1.48. The number of anilines is 1. The van der Waals surface area contributed by atoms with Gasteiger partial charge >= 0.3 is 5.97 Å². The molecule has 0 bridgehead atoms. The van der Waals surface area contributed by atoms with Crippen molar-refractivity contribution in [1.82, 2.24) is 5.32 Å². The first-order valence-corrected chi connectivity index (χ1v) is 8.94. The number of para-hydroxylation sites is 1. The van der Waals surface area contributed by atoms with Crippen LogP contribution in [-0.2, 0) is 25.7 Å². The fourth-order valence-electron chi connectivity index (χ4n) is 2.87. The normalized spacial score (nSPS) is 16.3. The van der Waals surface area contributed by atoms with Gasteiger partial charge < -0.3 is 15.0 Å². The van der Waals surface area contributed by atoms with Gasteiger partial charge in [0, 0.05) is 19.5 Å². The summed E-state index contributed by atoms with van der Waals surface area (Å²) in [5.41, 5.74) is 1.52. The minimum absolute atomic E-state index is 0.0374. The molecule has 140 valence electrons. The fourth-order valence-corrected chi connectivity index (χ4v) is 3.11. The summed E-state index contributed by atoms with van der Waals surface area (Å²) < 4.78 is 5.08. The number of nitrogens with one attached hydrogen (secondary N) is 1. The number of hydrogen-bond acceptors (Lipinski definition) is 4. The lowest BCUT2D eigenvalue weighted by molar-refractivity contribution is -0.152. The Morgan fingerprint density at radius 1 is 1.11 bits per heavy atom. The fraction of sp³-hybridized carbons (Fsp3) is 0.250. The van der Waals surface area contributed by atoms with Gasteiger partial charge in [-0.15, -0.1) is 0 Å². The molecule has 1 aliphatic heterocycles. The maximum Gasteiger partial charge on any atom is 0.311 e. The van der Waals surface area contributed by atoms with Gasteiger partial charge in [-0.3, -0.25) is 14.4 Å². The molecule has 3 rings (SSSR count). The maximum absolute atomic E-state index is 12.2. The number of rotatable bonds is 6. The number of carbonyl (C=O) groups is 3. The lowest BCUT2D eigenvalue weighted by Crippen LogP contribution is -2.31. The van der Waals surface area contributed by atoms with Crippen molar-refractivity contribution < 1.29 is 19.1 Å². The van der Waals surface area contributed by atoms with E-state index in [-0.39, 0.29) is 31.4 Å². The first-order valence-electron chi connectivity index (χ1n) is 8.57. The monoisotopic (exact) mass is 386 g/mol. The zero-order valence-corrected chi connectivity index (χ0v) is 15.3. The van der Waals surface area contributed by atoms with Crippen LogP contribution in [0.1, 0.15) is 12.0 Å². The Kier molecular flexibility index (Phi) is 6.08. The number of carbonyl (C=O) groups excluding carboxylic acids is 3. The molecule has 0 saturated carbocycles. The minimum atomic E-state index is -0.615. The second kappa shape index (κ2) is 8.68. The Bertz CT molecular complexity index is 841. The lowest BCUT2D eigenvalue weighted by Gasteiger charge is -2.17. The molecule has 1 N–H and O–H groups in total. The Labute approximate surface area is 162 Å². The molecule has 1 aliphatic rings. The zero-order valence-electron chi connectivity index (χ0n) is 14.6. The second-order valence-corrected chi connectivity index (χ2v) is 6.63. The molecular weight excluding hydrogens is 368 g/mol. The third kappa shape index (κ3) is 4.86. The van der Waals surface area contributed by atoms with Crippen molar-refractivity contribution in [1.29, 1.82) is 0 Å². The van der Waals surface area contributed by atoms with E-state index in [0.29, 0.717) is 17.3 Å². The summed E-state index contributed by atoms with van der Waals surface area (Å²) in [5, 5.41) is 3.13. The van der Waals surface area contributed by atoms with E-state index < -0.39 is 11.9 Å². The number of ether oxygens (including phenoxy) is 1. The molecule has 1 fully saturated rings. The second-order valence-electron chi connectivity index (χ2n) is 6.23. The van der Waals surface area contributed by atoms with Gasteiger partial charge in [0.25, 0.3) is 5.91 Å². The SMILES string of the molecule is O=C(COC(=O)[C@H]1CC(=O)N(c2ccccc2Cl)C1)NCc1ccccc1. The van der Waals surface area contributed by atoms with Gasteiger partial charge in [0.05, 0.1) is 16.6 Å². The molecule has 7 heteroatoms. The van der Waals surface area contributed by atoms with E-state index in [2.05, 4.69) is 5.32 Å². The van der Waals surface area contributed by atoms with E-state index >= 15 is 0 Å². The molecule has 0 unspecified atom stereocenters. The van der Waals surface area contributed by atoms with Gasteiger partial charge in [-0.1, -0.05) is 54.1 Å². The van der Waals surface area contributed by atoms with Crippen molar-refractivity contribution >= 4 is 35.1 Å². The number of esters is 1. The molecule has 0 aliphatic carbocycles. The predicted molar refractivity (Wildman–Crippen MR) is 101 cm³/mol. The first-order chi connectivity index (χ1) is 13.0. The smallest absolute Gasteiger partial charge is 0.311 e. The third-order valence-electron chi connectivity index (χ3n) is 4.28. The zero-order chi connectivity index (χ0) is 19.2. The first kappa shape index (κ1) is 18.9. The predicted octanol–water partition coefficient (Wildman–Crippen LogP) is 2.55. The largest absolute Gasteiger partial charge is 0.455 e. The molecule has 1 saturated heterocycles. The van der Waals surface area contributed by atoms with Gasteiger partial charge in [-0.05, 0) is 17.7 Å². The van der Waals surface area contributed by atoms with Crippen molar-refractivity contribution in [3.8, 4) is 0 Å². The number of benzene rings is 2. The van der Waals surface area contributed by atoms with Crippen LogP contribution in [0.5, 0.6) is 0 Å². The summed E-state index contributed by atoms with van der Waals surface area (Å²) in [6, 6.07) is 16.4.